The third-order valence-electron chi connectivity index (χ3n) is 4.85. The Balaban J connectivity index is 1.63. The number of benzene rings is 1. The average molecular weight is 377 g/mol. The molecule has 0 aliphatic carbocycles. The summed E-state index contributed by atoms with van der Waals surface area (Å²) in [7, 11) is 0. The molecule has 1 aliphatic rings. The summed E-state index contributed by atoms with van der Waals surface area (Å²) in [6.45, 7) is 0.350. The number of imidazole rings is 1. The average Bonchev–Trinajstić information content (AvgIpc) is 3.40. The molecule has 0 radical (unpaired) electrons. The first-order valence-electron chi connectivity index (χ1n) is 8.83. The summed E-state index contributed by atoms with van der Waals surface area (Å²) < 4.78 is 21.8. The molecule has 2 N–H and O–H groups in total. The first-order chi connectivity index (χ1) is 13.8. The molecule has 28 heavy (non-hydrogen) atoms. The van der Waals surface area contributed by atoms with Crippen LogP contribution in [0.1, 0.15) is 11.3 Å². The highest BCUT2D eigenvalue weighted by molar-refractivity contribution is 5.82. The van der Waals surface area contributed by atoms with Crippen LogP contribution in [0.2, 0.25) is 0 Å². The zero-order valence-electron chi connectivity index (χ0n) is 14.8. The minimum atomic E-state index is -0.363. The van der Waals surface area contributed by atoms with E-state index < -0.39 is 0 Å². The van der Waals surface area contributed by atoms with Gasteiger partial charge in [0.1, 0.15) is 17.9 Å². The van der Waals surface area contributed by atoms with Crippen LogP contribution < -0.4 is 10.1 Å². The van der Waals surface area contributed by atoms with E-state index in [4.69, 9.17) is 4.74 Å². The molecule has 1 aliphatic heterocycles. The van der Waals surface area contributed by atoms with Crippen molar-refractivity contribution in [1.29, 1.82) is 0 Å². The van der Waals surface area contributed by atoms with E-state index >= 15 is 0 Å². The quantitative estimate of drug-likeness (QED) is 0.569. The van der Waals surface area contributed by atoms with Crippen LogP contribution >= 0.6 is 0 Å². The smallest absolute Gasteiger partial charge is 0.213 e. The van der Waals surface area contributed by atoms with Crippen molar-refractivity contribution in [1.82, 2.24) is 19.4 Å². The number of halogens is 1. The van der Waals surface area contributed by atoms with Crippen molar-refractivity contribution in [3.63, 3.8) is 0 Å². The fourth-order valence-electron chi connectivity index (χ4n) is 3.52. The molecule has 0 fully saturated rings. The van der Waals surface area contributed by atoms with Crippen LogP contribution in [0.3, 0.4) is 0 Å². The van der Waals surface area contributed by atoms with Crippen molar-refractivity contribution < 1.29 is 14.2 Å². The van der Waals surface area contributed by atoms with Crippen molar-refractivity contribution >= 4 is 17.2 Å². The fraction of sp³-hybridized carbons (Fsp3) is 0.150. The number of fused-ring (bicyclic) bond motifs is 2. The van der Waals surface area contributed by atoms with Gasteiger partial charge in [0, 0.05) is 35.5 Å². The van der Waals surface area contributed by atoms with E-state index in [9.17, 15) is 9.50 Å². The second-order valence-electron chi connectivity index (χ2n) is 6.42. The van der Waals surface area contributed by atoms with Crippen LogP contribution in [0.25, 0.3) is 16.6 Å². The summed E-state index contributed by atoms with van der Waals surface area (Å²) in [6.07, 6.45) is 7.25. The van der Waals surface area contributed by atoms with Gasteiger partial charge in [0.05, 0.1) is 36.3 Å². The number of nitrogens with one attached hydrogen (secondary N) is 1. The maximum absolute atomic E-state index is 14.5. The first-order valence-corrected chi connectivity index (χ1v) is 8.83. The molecular weight excluding hydrogens is 361 g/mol. The lowest BCUT2D eigenvalue weighted by Crippen LogP contribution is -2.05. The number of hydrogen-bond acceptors (Lipinski definition) is 6. The molecule has 4 aromatic rings. The van der Waals surface area contributed by atoms with Gasteiger partial charge in [-0.1, -0.05) is 6.07 Å². The van der Waals surface area contributed by atoms with Crippen molar-refractivity contribution in [3.8, 4) is 16.9 Å². The Morgan fingerprint density at radius 3 is 3.00 bits per heavy atom. The highest BCUT2D eigenvalue weighted by Gasteiger charge is 2.21. The molecule has 0 amide bonds. The summed E-state index contributed by atoms with van der Waals surface area (Å²) >= 11 is 0. The molecule has 0 bridgehead atoms. The Bertz CT molecular complexity index is 1190. The zero-order chi connectivity index (χ0) is 19.1. The fourth-order valence-corrected chi connectivity index (χ4v) is 3.52. The van der Waals surface area contributed by atoms with E-state index in [2.05, 4.69) is 20.3 Å². The van der Waals surface area contributed by atoms with Crippen LogP contribution in [0, 0.1) is 5.82 Å². The van der Waals surface area contributed by atoms with Gasteiger partial charge in [0.25, 0.3) is 0 Å². The predicted octanol–water partition coefficient (Wildman–Crippen LogP) is 3.10. The number of hydrogen-bond donors (Lipinski definition) is 2. The summed E-state index contributed by atoms with van der Waals surface area (Å²) in [5.74, 6) is 0.758. The molecule has 7 nitrogen and oxygen atoms in total. The summed E-state index contributed by atoms with van der Waals surface area (Å²) in [6, 6.07) is 6.70. The van der Waals surface area contributed by atoms with Crippen molar-refractivity contribution in [2.45, 2.75) is 13.0 Å². The van der Waals surface area contributed by atoms with E-state index in [-0.39, 0.29) is 12.4 Å². The SMILES string of the molecule is OCc1ncccc1-c1cnc(Nc2c(F)ccc3c2CCO3)n2cncc12. The number of ether oxygens (including phenoxy) is 1. The minimum absolute atomic E-state index is 0.183. The number of anilines is 2. The van der Waals surface area contributed by atoms with Crippen LogP contribution in [0.15, 0.2) is 49.2 Å². The molecule has 0 saturated carbocycles. The Labute approximate surface area is 159 Å². The maximum Gasteiger partial charge on any atom is 0.213 e. The van der Waals surface area contributed by atoms with Crippen LogP contribution in [0.4, 0.5) is 16.0 Å². The highest BCUT2D eigenvalue weighted by Crippen LogP contribution is 2.36. The van der Waals surface area contributed by atoms with E-state index in [1.54, 1.807) is 41.5 Å². The molecule has 5 rings (SSSR count). The van der Waals surface area contributed by atoms with Crippen molar-refractivity contribution in [3.05, 3.63) is 66.3 Å². The van der Waals surface area contributed by atoms with E-state index in [0.29, 0.717) is 36.1 Å². The topological polar surface area (TPSA) is 84.6 Å². The molecule has 8 heteroatoms. The highest BCUT2D eigenvalue weighted by atomic mass is 19.1. The molecule has 0 spiro atoms. The zero-order valence-corrected chi connectivity index (χ0v) is 14.8. The van der Waals surface area contributed by atoms with Crippen LogP contribution in [-0.2, 0) is 13.0 Å². The van der Waals surface area contributed by atoms with Gasteiger partial charge in [-0.25, -0.2) is 14.4 Å². The second kappa shape index (κ2) is 6.58. The summed E-state index contributed by atoms with van der Waals surface area (Å²) in [4.78, 5) is 12.9. The van der Waals surface area contributed by atoms with Crippen molar-refractivity contribution in [2.75, 3.05) is 11.9 Å². The van der Waals surface area contributed by atoms with Crippen LogP contribution in [0.5, 0.6) is 5.75 Å². The normalized spacial score (nSPS) is 12.8. The Hall–Kier alpha value is -3.52. The Morgan fingerprint density at radius 1 is 1.18 bits per heavy atom. The lowest BCUT2D eigenvalue weighted by Gasteiger charge is -2.14. The number of aliphatic hydroxyl groups is 1. The summed E-state index contributed by atoms with van der Waals surface area (Å²) in [5.41, 5.74) is 4.04. The van der Waals surface area contributed by atoms with Gasteiger partial charge in [-0.05, 0) is 18.2 Å². The van der Waals surface area contributed by atoms with E-state index in [1.165, 1.54) is 6.07 Å². The third-order valence-corrected chi connectivity index (χ3v) is 4.85. The van der Waals surface area contributed by atoms with Gasteiger partial charge in [-0.2, -0.15) is 0 Å². The minimum Gasteiger partial charge on any atom is -0.493 e. The Morgan fingerprint density at radius 2 is 2.11 bits per heavy atom. The van der Waals surface area contributed by atoms with Gasteiger partial charge in [-0.3, -0.25) is 9.38 Å². The molecule has 0 atom stereocenters. The number of pyridine rings is 1. The van der Waals surface area contributed by atoms with Gasteiger partial charge >= 0.3 is 0 Å². The van der Waals surface area contributed by atoms with Gasteiger partial charge in [0.15, 0.2) is 0 Å². The number of aromatic nitrogens is 4. The van der Waals surface area contributed by atoms with Gasteiger partial charge in [0.2, 0.25) is 5.95 Å². The third kappa shape index (κ3) is 2.57. The molecule has 3 aromatic heterocycles. The van der Waals surface area contributed by atoms with Gasteiger partial charge in [-0.15, -0.1) is 0 Å². The van der Waals surface area contributed by atoms with E-state index in [0.717, 1.165) is 22.2 Å². The van der Waals surface area contributed by atoms with E-state index in [1.807, 2.05) is 6.07 Å². The Kier molecular flexibility index (Phi) is 3.91. The van der Waals surface area contributed by atoms with Crippen molar-refractivity contribution in [2.24, 2.45) is 0 Å². The monoisotopic (exact) mass is 377 g/mol. The first kappa shape index (κ1) is 16.6. The number of aliphatic hydroxyl groups excluding tert-OH is 1. The van der Waals surface area contributed by atoms with Gasteiger partial charge < -0.3 is 15.2 Å². The number of nitrogens with zero attached hydrogens (tertiary/aromatic N) is 4. The summed E-state index contributed by atoms with van der Waals surface area (Å²) in [5, 5.41) is 12.7. The molecule has 4 heterocycles. The number of rotatable bonds is 4. The lowest BCUT2D eigenvalue weighted by molar-refractivity contribution is 0.277. The predicted molar refractivity (Wildman–Crippen MR) is 101 cm³/mol. The molecule has 0 saturated heterocycles. The largest absolute Gasteiger partial charge is 0.493 e. The molecule has 140 valence electrons. The standard InChI is InChI=1S/C20H16FN5O2/c21-15-3-4-18-13(5-7-28-18)19(15)25-20-24-8-14(17-9-22-11-26(17)20)12-2-1-6-23-16(12)10-27/h1-4,6,8-9,11,27H,5,7,10H2,(H,24,25). The molecule has 1 aromatic carbocycles. The maximum atomic E-state index is 14.5. The second-order valence-corrected chi connectivity index (χ2v) is 6.42. The lowest BCUT2D eigenvalue weighted by atomic mass is 10.1. The molecular formula is C20H16FN5O2. The molecule has 0 unspecified atom stereocenters. The van der Waals surface area contributed by atoms with Crippen LogP contribution in [-0.4, -0.2) is 31.1 Å².